The molecule has 0 spiro atoms. The van der Waals surface area contributed by atoms with Crippen molar-refractivity contribution in [3.63, 3.8) is 0 Å². The molecule has 2 aromatic carbocycles. The minimum atomic E-state index is -4.01. The average Bonchev–Trinajstić information content (AvgIpc) is 2.82. The second-order valence-corrected chi connectivity index (χ2v) is 8.01. The van der Waals surface area contributed by atoms with E-state index in [2.05, 4.69) is 4.72 Å². The lowest BCUT2D eigenvalue weighted by Gasteiger charge is -2.16. The summed E-state index contributed by atoms with van der Waals surface area (Å²) in [5.41, 5.74) is 0.440. The number of benzene rings is 2. The van der Waals surface area contributed by atoms with Crippen LogP contribution in [-0.2, 0) is 14.8 Å². The zero-order valence-electron chi connectivity index (χ0n) is 13.4. The number of carbonyl (C=O) groups is 2. The first-order valence-corrected chi connectivity index (χ1v) is 9.59. The van der Waals surface area contributed by atoms with Crippen molar-refractivity contribution >= 4 is 56.5 Å². The fourth-order valence-electron chi connectivity index (χ4n) is 2.48. The van der Waals surface area contributed by atoms with Crippen LogP contribution in [0.25, 0.3) is 0 Å². The molecule has 0 aliphatic carbocycles. The van der Waals surface area contributed by atoms with Crippen LogP contribution in [0.4, 0.5) is 16.2 Å². The van der Waals surface area contributed by atoms with Gasteiger partial charge in [-0.15, -0.1) is 0 Å². The van der Waals surface area contributed by atoms with Gasteiger partial charge in [-0.1, -0.05) is 35.3 Å². The van der Waals surface area contributed by atoms with Gasteiger partial charge in [-0.25, -0.2) is 18.1 Å². The van der Waals surface area contributed by atoms with Gasteiger partial charge in [-0.2, -0.15) is 0 Å². The molecule has 136 valence electrons. The van der Waals surface area contributed by atoms with Gasteiger partial charge >= 0.3 is 6.03 Å². The van der Waals surface area contributed by atoms with E-state index in [0.29, 0.717) is 0 Å². The molecule has 0 unspecified atom stereocenters. The molecule has 1 fully saturated rings. The highest BCUT2D eigenvalue weighted by molar-refractivity contribution is 7.92. The maximum absolute atomic E-state index is 12.6. The van der Waals surface area contributed by atoms with Gasteiger partial charge in [0.05, 0.1) is 21.4 Å². The number of sulfonamides is 1. The predicted molar refractivity (Wildman–Crippen MR) is 99.2 cm³/mol. The van der Waals surface area contributed by atoms with Crippen LogP contribution in [0.15, 0.2) is 47.4 Å². The number of imide groups is 1. The topological polar surface area (TPSA) is 86.8 Å². The summed E-state index contributed by atoms with van der Waals surface area (Å²) in [5.74, 6) is -0.393. The molecule has 1 N–H and O–H groups in total. The third-order valence-corrected chi connectivity index (χ3v) is 6.06. The van der Waals surface area contributed by atoms with Crippen molar-refractivity contribution in [2.75, 3.05) is 23.2 Å². The van der Waals surface area contributed by atoms with Crippen molar-refractivity contribution in [1.29, 1.82) is 0 Å². The maximum atomic E-state index is 12.6. The number of likely N-dealkylation sites (N-methyl/N-ethyl adjacent to an activating group) is 1. The van der Waals surface area contributed by atoms with Crippen molar-refractivity contribution in [3.05, 3.63) is 52.5 Å². The Bertz CT molecular complexity index is 1010. The normalized spacial score (nSPS) is 14.9. The van der Waals surface area contributed by atoms with Crippen LogP contribution in [0.5, 0.6) is 0 Å². The molecular formula is C16H13Cl2N3O4S. The highest BCUT2D eigenvalue weighted by Crippen LogP contribution is 2.31. The molecule has 1 heterocycles. The zero-order chi connectivity index (χ0) is 19.1. The summed E-state index contributed by atoms with van der Waals surface area (Å²) in [6.45, 7) is -0.0348. The first-order chi connectivity index (χ1) is 12.2. The Hall–Kier alpha value is -2.29. The van der Waals surface area contributed by atoms with Gasteiger partial charge < -0.3 is 4.90 Å². The number of hydrogen-bond acceptors (Lipinski definition) is 4. The van der Waals surface area contributed by atoms with E-state index < -0.39 is 22.0 Å². The van der Waals surface area contributed by atoms with Crippen LogP contribution < -0.4 is 9.62 Å². The second kappa shape index (κ2) is 6.79. The molecule has 0 atom stereocenters. The van der Waals surface area contributed by atoms with Crippen LogP contribution >= 0.6 is 23.2 Å². The van der Waals surface area contributed by atoms with E-state index in [0.717, 1.165) is 4.90 Å². The smallest absolute Gasteiger partial charge is 0.318 e. The van der Waals surface area contributed by atoms with E-state index in [1.165, 1.54) is 48.3 Å². The third-order valence-electron chi connectivity index (χ3n) is 3.70. The van der Waals surface area contributed by atoms with Crippen LogP contribution in [-0.4, -0.2) is 38.8 Å². The summed E-state index contributed by atoms with van der Waals surface area (Å²) in [6, 6.07) is 9.75. The average molecular weight is 414 g/mol. The van der Waals surface area contributed by atoms with Gasteiger partial charge in [0.1, 0.15) is 11.4 Å². The Kier molecular flexibility index (Phi) is 4.83. The highest BCUT2D eigenvalue weighted by Gasteiger charge is 2.35. The summed E-state index contributed by atoms with van der Waals surface area (Å²) in [5, 5.41) is 0.0175. The van der Waals surface area contributed by atoms with E-state index in [4.69, 9.17) is 23.2 Å². The van der Waals surface area contributed by atoms with Crippen LogP contribution in [0, 0.1) is 0 Å². The Morgan fingerprint density at radius 3 is 2.42 bits per heavy atom. The molecule has 0 radical (unpaired) electrons. The summed E-state index contributed by atoms with van der Waals surface area (Å²) in [6.07, 6.45) is 0. The van der Waals surface area contributed by atoms with Crippen LogP contribution in [0.2, 0.25) is 10.0 Å². The standard InChI is InChI=1S/C16H13Cl2N3O4S/c1-20-9-14(22)21(16(20)23)11-5-2-4-10(8-11)19-26(24,25)13-7-3-6-12(17)15(13)18/h2-8,19H,9H2,1H3. The second-order valence-electron chi connectivity index (χ2n) is 5.58. The Labute approximate surface area is 160 Å². The first kappa shape index (κ1) is 18.5. The van der Waals surface area contributed by atoms with Gasteiger partial charge in [0.25, 0.3) is 15.9 Å². The monoisotopic (exact) mass is 413 g/mol. The molecule has 2 aromatic rings. The molecule has 7 nitrogen and oxygen atoms in total. The van der Waals surface area contributed by atoms with Crippen molar-refractivity contribution in [2.45, 2.75) is 4.90 Å². The molecule has 3 rings (SSSR count). The number of nitrogens with zero attached hydrogens (tertiary/aromatic N) is 2. The molecule has 0 bridgehead atoms. The number of anilines is 2. The molecule has 0 saturated carbocycles. The minimum Gasteiger partial charge on any atom is -0.318 e. The number of hydrogen-bond donors (Lipinski definition) is 1. The van der Waals surface area contributed by atoms with E-state index >= 15 is 0 Å². The van der Waals surface area contributed by atoms with E-state index in [1.807, 2.05) is 0 Å². The number of rotatable bonds is 4. The summed E-state index contributed by atoms with van der Waals surface area (Å²) in [7, 11) is -2.50. The Morgan fingerprint density at radius 1 is 1.08 bits per heavy atom. The highest BCUT2D eigenvalue weighted by atomic mass is 35.5. The van der Waals surface area contributed by atoms with Gasteiger partial charge in [-0.3, -0.25) is 9.52 Å². The number of amides is 3. The van der Waals surface area contributed by atoms with Gasteiger partial charge in [0.2, 0.25) is 0 Å². The first-order valence-electron chi connectivity index (χ1n) is 7.35. The molecule has 1 saturated heterocycles. The molecule has 26 heavy (non-hydrogen) atoms. The summed E-state index contributed by atoms with van der Waals surface area (Å²) in [4.78, 5) is 26.1. The van der Waals surface area contributed by atoms with Crippen molar-refractivity contribution in [1.82, 2.24) is 4.90 Å². The predicted octanol–water partition coefficient (Wildman–Crippen LogP) is 3.19. The van der Waals surface area contributed by atoms with E-state index in [1.54, 1.807) is 6.07 Å². The summed E-state index contributed by atoms with van der Waals surface area (Å²) >= 11 is 11.8. The van der Waals surface area contributed by atoms with Crippen molar-refractivity contribution < 1.29 is 18.0 Å². The van der Waals surface area contributed by atoms with E-state index in [9.17, 15) is 18.0 Å². The SMILES string of the molecule is CN1CC(=O)N(c2cccc(NS(=O)(=O)c3cccc(Cl)c3Cl)c2)C1=O. The molecule has 1 aliphatic rings. The zero-order valence-corrected chi connectivity index (χ0v) is 15.8. The summed E-state index contributed by atoms with van der Waals surface area (Å²) < 4.78 is 27.5. The van der Waals surface area contributed by atoms with Gasteiger partial charge in [0, 0.05) is 7.05 Å². The van der Waals surface area contributed by atoms with Crippen LogP contribution in [0.1, 0.15) is 0 Å². The number of urea groups is 1. The largest absolute Gasteiger partial charge is 0.331 e. The van der Waals surface area contributed by atoms with Crippen molar-refractivity contribution in [3.8, 4) is 0 Å². The van der Waals surface area contributed by atoms with Gasteiger partial charge in [-0.05, 0) is 30.3 Å². The Balaban J connectivity index is 1.93. The lowest BCUT2D eigenvalue weighted by atomic mass is 10.2. The quantitative estimate of drug-likeness (QED) is 0.779. The number of nitrogens with one attached hydrogen (secondary N) is 1. The minimum absolute atomic E-state index is 0.0348. The molecule has 10 heteroatoms. The van der Waals surface area contributed by atoms with E-state index in [-0.39, 0.29) is 32.9 Å². The fourth-order valence-corrected chi connectivity index (χ4v) is 4.30. The number of halogens is 2. The lowest BCUT2D eigenvalue weighted by molar-refractivity contribution is -0.116. The van der Waals surface area contributed by atoms with Gasteiger partial charge in [0.15, 0.2) is 0 Å². The number of carbonyl (C=O) groups excluding carboxylic acids is 2. The third kappa shape index (κ3) is 3.35. The Morgan fingerprint density at radius 2 is 1.77 bits per heavy atom. The molecule has 0 aromatic heterocycles. The lowest BCUT2D eigenvalue weighted by Crippen LogP contribution is -2.31. The molecule has 1 aliphatic heterocycles. The fraction of sp³-hybridized carbons (Fsp3) is 0.125. The van der Waals surface area contributed by atoms with Crippen LogP contribution in [0.3, 0.4) is 0 Å². The molecular weight excluding hydrogens is 401 g/mol. The molecule has 3 amide bonds. The maximum Gasteiger partial charge on any atom is 0.331 e. The van der Waals surface area contributed by atoms with Crippen molar-refractivity contribution in [2.24, 2.45) is 0 Å².